The number of aromatic nitrogens is 4. The van der Waals surface area contributed by atoms with Gasteiger partial charge in [-0.2, -0.15) is 5.26 Å². The largest absolute Gasteiger partial charge is 0.373 e. The second kappa shape index (κ2) is 12.9. The standard InChI is InChI=1S/C34H28Cl2F4N8/c35-27-12-22(5-6-29(27)38)43-31-20(16-41)17-42-33-26(31)11-23(13-28(33)36)44-32(19-1-3-21(37)4-2-19)30-18-48(46-45-30)24-7-9-47(10-8-24)25-14-34(39,40)15-25/h1-6,11-13,17-18,24-25,32,44H,7-10,14-15H2,(H,42,43). The van der Waals surface area contributed by atoms with Crippen molar-refractivity contribution in [1.82, 2.24) is 24.9 Å². The van der Waals surface area contributed by atoms with E-state index in [0.29, 0.717) is 57.3 Å². The van der Waals surface area contributed by atoms with Gasteiger partial charge in [0.15, 0.2) is 0 Å². The molecule has 1 aliphatic carbocycles. The van der Waals surface area contributed by atoms with Gasteiger partial charge in [0.25, 0.3) is 5.92 Å². The molecule has 48 heavy (non-hydrogen) atoms. The molecule has 0 amide bonds. The van der Waals surface area contributed by atoms with Gasteiger partial charge in [-0.1, -0.05) is 40.5 Å². The average Bonchev–Trinajstić information content (AvgIpc) is 3.55. The van der Waals surface area contributed by atoms with Crippen molar-refractivity contribution < 1.29 is 17.6 Å². The van der Waals surface area contributed by atoms with Gasteiger partial charge in [0.2, 0.25) is 0 Å². The first-order chi connectivity index (χ1) is 23.1. The highest BCUT2D eigenvalue weighted by Gasteiger charge is 2.48. The van der Waals surface area contributed by atoms with E-state index < -0.39 is 23.6 Å². The molecule has 1 saturated carbocycles. The number of rotatable bonds is 8. The molecule has 2 N–H and O–H groups in total. The summed E-state index contributed by atoms with van der Waals surface area (Å²) in [4.78, 5) is 6.54. The van der Waals surface area contributed by atoms with Gasteiger partial charge in [0.1, 0.15) is 23.4 Å². The molecule has 8 nitrogen and oxygen atoms in total. The lowest BCUT2D eigenvalue weighted by Gasteiger charge is -2.45. The Hall–Kier alpha value is -4.44. The number of fused-ring (bicyclic) bond motifs is 1. The van der Waals surface area contributed by atoms with Gasteiger partial charge in [-0.15, -0.1) is 5.10 Å². The van der Waals surface area contributed by atoms with E-state index in [2.05, 4.69) is 36.9 Å². The fraction of sp³-hybridized carbons (Fsp3) is 0.294. The van der Waals surface area contributed by atoms with Gasteiger partial charge in [0, 0.05) is 54.9 Å². The van der Waals surface area contributed by atoms with Crippen molar-refractivity contribution >= 4 is 51.2 Å². The highest BCUT2D eigenvalue weighted by Crippen LogP contribution is 2.42. The first-order valence-electron chi connectivity index (χ1n) is 15.4. The summed E-state index contributed by atoms with van der Waals surface area (Å²) in [7, 11) is 0. The summed E-state index contributed by atoms with van der Waals surface area (Å²) in [5.41, 5.74) is 3.35. The maximum Gasteiger partial charge on any atom is 0.251 e. The minimum Gasteiger partial charge on any atom is -0.373 e. The number of piperidine rings is 1. The Bertz CT molecular complexity index is 2010. The topological polar surface area (TPSA) is 94.7 Å². The molecule has 2 aliphatic rings. The van der Waals surface area contributed by atoms with Gasteiger partial charge in [-0.05, 0) is 60.9 Å². The van der Waals surface area contributed by atoms with E-state index in [0.717, 1.165) is 12.8 Å². The summed E-state index contributed by atoms with van der Waals surface area (Å²) in [6.07, 6.45) is 4.59. The van der Waals surface area contributed by atoms with E-state index >= 15 is 0 Å². The zero-order chi connectivity index (χ0) is 33.6. The zero-order valence-corrected chi connectivity index (χ0v) is 26.8. The van der Waals surface area contributed by atoms with E-state index in [1.807, 2.05) is 10.9 Å². The molecule has 14 heteroatoms. The van der Waals surface area contributed by atoms with Crippen molar-refractivity contribution in [3.8, 4) is 6.07 Å². The third-order valence-electron chi connectivity index (χ3n) is 9.03. The van der Waals surface area contributed by atoms with E-state index in [1.165, 1.54) is 36.5 Å². The molecule has 0 spiro atoms. The Kier molecular flexibility index (Phi) is 8.62. The number of alkyl halides is 2. The van der Waals surface area contributed by atoms with Crippen LogP contribution in [0.4, 0.5) is 34.6 Å². The van der Waals surface area contributed by atoms with Gasteiger partial charge in [-0.25, -0.2) is 22.2 Å². The minimum atomic E-state index is -2.55. The Balaban J connectivity index is 1.19. The Morgan fingerprint density at radius 1 is 0.938 bits per heavy atom. The predicted octanol–water partition coefficient (Wildman–Crippen LogP) is 8.66. The van der Waals surface area contributed by atoms with Crippen LogP contribution in [0, 0.1) is 23.0 Å². The first kappa shape index (κ1) is 32.1. The van der Waals surface area contributed by atoms with Gasteiger partial charge in [0.05, 0.1) is 45.1 Å². The number of nitrogens with one attached hydrogen (secondary N) is 2. The number of pyridine rings is 1. The molecule has 1 atom stereocenters. The smallest absolute Gasteiger partial charge is 0.251 e. The molecular weight excluding hydrogens is 667 g/mol. The van der Waals surface area contributed by atoms with Crippen LogP contribution in [0.15, 0.2) is 67.0 Å². The molecule has 246 valence electrons. The SMILES string of the molecule is N#Cc1cnc2c(Cl)cc(NC(c3ccc(F)cc3)c3cn(C4CCN(C5CC(F)(F)C5)CC4)nn3)cc2c1Nc1ccc(F)c(Cl)c1. The summed E-state index contributed by atoms with van der Waals surface area (Å²) in [6.45, 7) is 1.41. The lowest BCUT2D eigenvalue weighted by atomic mass is 9.85. The van der Waals surface area contributed by atoms with Crippen LogP contribution in [-0.4, -0.2) is 49.9 Å². The van der Waals surface area contributed by atoms with Gasteiger partial charge < -0.3 is 10.6 Å². The zero-order valence-electron chi connectivity index (χ0n) is 25.3. The van der Waals surface area contributed by atoms with Crippen LogP contribution in [0.25, 0.3) is 10.9 Å². The third kappa shape index (κ3) is 6.50. The number of halogens is 6. The predicted molar refractivity (Wildman–Crippen MR) is 176 cm³/mol. The Morgan fingerprint density at radius 3 is 2.35 bits per heavy atom. The molecule has 1 aliphatic heterocycles. The summed E-state index contributed by atoms with van der Waals surface area (Å²) < 4.78 is 56.5. The molecule has 2 aromatic heterocycles. The van der Waals surface area contributed by atoms with Crippen LogP contribution in [0.3, 0.4) is 0 Å². The van der Waals surface area contributed by atoms with Crippen molar-refractivity contribution in [3.05, 3.63) is 105 Å². The number of benzene rings is 3. The molecular formula is C34H28Cl2F4N8. The number of nitrogens with zero attached hydrogens (tertiary/aromatic N) is 6. The Morgan fingerprint density at radius 2 is 1.67 bits per heavy atom. The number of hydrogen-bond donors (Lipinski definition) is 2. The monoisotopic (exact) mass is 694 g/mol. The number of nitriles is 1. The molecule has 1 saturated heterocycles. The van der Waals surface area contributed by atoms with E-state index in [-0.39, 0.29) is 35.5 Å². The fourth-order valence-electron chi connectivity index (χ4n) is 6.44. The fourth-order valence-corrected chi connectivity index (χ4v) is 6.88. The normalized spacial score (nSPS) is 17.5. The number of hydrogen-bond acceptors (Lipinski definition) is 7. The van der Waals surface area contributed by atoms with E-state index in [4.69, 9.17) is 23.2 Å². The van der Waals surface area contributed by atoms with Gasteiger partial charge >= 0.3 is 0 Å². The number of likely N-dealkylation sites (tertiary alicyclic amines) is 1. The second-order valence-electron chi connectivity index (χ2n) is 12.2. The van der Waals surface area contributed by atoms with Gasteiger partial charge in [-0.3, -0.25) is 9.88 Å². The molecule has 1 unspecified atom stereocenters. The van der Waals surface area contributed by atoms with Crippen molar-refractivity contribution in [2.45, 2.75) is 49.7 Å². The summed E-state index contributed by atoms with van der Waals surface area (Å²) in [6, 6.07) is 15.2. The van der Waals surface area contributed by atoms with Crippen LogP contribution < -0.4 is 10.6 Å². The molecule has 5 aromatic rings. The highest BCUT2D eigenvalue weighted by atomic mass is 35.5. The van der Waals surface area contributed by atoms with Crippen LogP contribution >= 0.6 is 23.2 Å². The van der Waals surface area contributed by atoms with Crippen LogP contribution in [-0.2, 0) is 0 Å². The number of anilines is 3. The van der Waals surface area contributed by atoms with Crippen molar-refractivity contribution in [2.75, 3.05) is 23.7 Å². The highest BCUT2D eigenvalue weighted by molar-refractivity contribution is 6.36. The molecule has 3 aromatic carbocycles. The van der Waals surface area contributed by atoms with E-state index in [9.17, 15) is 22.8 Å². The van der Waals surface area contributed by atoms with Crippen molar-refractivity contribution in [1.29, 1.82) is 5.26 Å². The lowest BCUT2D eigenvalue weighted by molar-refractivity contribution is -0.128. The molecule has 0 bridgehead atoms. The second-order valence-corrected chi connectivity index (χ2v) is 13.0. The Labute approximate surface area is 283 Å². The van der Waals surface area contributed by atoms with Crippen molar-refractivity contribution in [2.24, 2.45) is 0 Å². The summed E-state index contributed by atoms with van der Waals surface area (Å²) in [5.74, 6) is -3.52. The molecule has 7 rings (SSSR count). The lowest BCUT2D eigenvalue weighted by Crippen LogP contribution is -2.53. The van der Waals surface area contributed by atoms with Crippen LogP contribution in [0.1, 0.15) is 54.6 Å². The molecule has 2 fully saturated rings. The van der Waals surface area contributed by atoms with Crippen molar-refractivity contribution in [3.63, 3.8) is 0 Å². The van der Waals surface area contributed by atoms with E-state index in [1.54, 1.807) is 24.3 Å². The third-order valence-corrected chi connectivity index (χ3v) is 9.61. The quantitative estimate of drug-likeness (QED) is 0.157. The molecule has 0 radical (unpaired) electrons. The summed E-state index contributed by atoms with van der Waals surface area (Å²) >= 11 is 12.7. The maximum absolute atomic E-state index is 14.0. The average molecular weight is 696 g/mol. The minimum absolute atomic E-state index is 0.0520. The van der Waals surface area contributed by atoms with Crippen LogP contribution in [0.5, 0.6) is 0 Å². The van der Waals surface area contributed by atoms with Crippen LogP contribution in [0.2, 0.25) is 10.0 Å². The summed E-state index contributed by atoms with van der Waals surface area (Å²) in [5, 5.41) is 26.2. The maximum atomic E-state index is 14.0. The first-order valence-corrected chi connectivity index (χ1v) is 16.1. The molecule has 3 heterocycles.